The average Bonchev–Trinajstić information content (AvgIpc) is 2.34. The minimum atomic E-state index is 0.296. The van der Waals surface area contributed by atoms with Crippen molar-refractivity contribution in [2.75, 3.05) is 18.8 Å². The Morgan fingerprint density at radius 2 is 2.29 bits per heavy atom. The lowest BCUT2D eigenvalue weighted by atomic mass is 9.98. The lowest BCUT2D eigenvalue weighted by Gasteiger charge is -2.34. The zero-order valence-corrected chi connectivity index (χ0v) is 11.0. The molecule has 4 nitrogen and oxygen atoms in total. The fourth-order valence-corrected chi connectivity index (χ4v) is 2.57. The molecule has 0 aromatic carbocycles. The number of halogens is 1. The molecule has 2 N–H and O–H groups in total. The van der Waals surface area contributed by atoms with E-state index in [1.54, 1.807) is 0 Å². The minimum Gasteiger partial charge on any atom is -0.396 e. The SMILES string of the molecule is CCN1CCCCC1Cc1cc(N)c(Cl)nn1. The third-order valence-corrected chi connectivity index (χ3v) is 3.72. The van der Waals surface area contributed by atoms with Gasteiger partial charge in [-0.2, -0.15) is 5.10 Å². The van der Waals surface area contributed by atoms with Crippen LogP contribution in [0.15, 0.2) is 6.07 Å². The summed E-state index contributed by atoms with van der Waals surface area (Å²) in [5.41, 5.74) is 7.21. The van der Waals surface area contributed by atoms with Crippen molar-refractivity contribution >= 4 is 17.3 Å². The molecule has 94 valence electrons. The third-order valence-electron chi connectivity index (χ3n) is 3.43. The molecule has 0 bridgehead atoms. The molecule has 1 aliphatic rings. The zero-order valence-electron chi connectivity index (χ0n) is 10.2. The van der Waals surface area contributed by atoms with Gasteiger partial charge in [0.05, 0.1) is 11.4 Å². The zero-order chi connectivity index (χ0) is 12.3. The van der Waals surface area contributed by atoms with Crippen LogP contribution in [0.4, 0.5) is 5.69 Å². The Bertz CT molecular complexity index is 383. The molecule has 1 aromatic rings. The molecule has 1 aliphatic heterocycles. The van der Waals surface area contributed by atoms with Crippen LogP contribution in [0.25, 0.3) is 0 Å². The Labute approximate surface area is 107 Å². The van der Waals surface area contributed by atoms with Gasteiger partial charge < -0.3 is 10.6 Å². The molecular formula is C12H19ClN4. The van der Waals surface area contributed by atoms with E-state index < -0.39 is 0 Å². The highest BCUT2D eigenvalue weighted by Crippen LogP contribution is 2.21. The van der Waals surface area contributed by atoms with Crippen LogP contribution in [0, 0.1) is 0 Å². The summed E-state index contributed by atoms with van der Waals surface area (Å²) < 4.78 is 0. The van der Waals surface area contributed by atoms with Crippen molar-refractivity contribution in [3.05, 3.63) is 16.9 Å². The van der Waals surface area contributed by atoms with E-state index >= 15 is 0 Å². The second kappa shape index (κ2) is 5.65. The van der Waals surface area contributed by atoms with Gasteiger partial charge in [0.2, 0.25) is 0 Å². The smallest absolute Gasteiger partial charge is 0.174 e. The third kappa shape index (κ3) is 3.07. The summed E-state index contributed by atoms with van der Waals surface area (Å²) in [6, 6.07) is 2.42. The Morgan fingerprint density at radius 1 is 1.47 bits per heavy atom. The molecular weight excluding hydrogens is 236 g/mol. The number of hydrogen-bond donors (Lipinski definition) is 1. The van der Waals surface area contributed by atoms with Crippen molar-refractivity contribution in [2.24, 2.45) is 0 Å². The van der Waals surface area contributed by atoms with E-state index in [4.69, 9.17) is 17.3 Å². The fourth-order valence-electron chi connectivity index (χ4n) is 2.48. The topological polar surface area (TPSA) is 55.0 Å². The molecule has 17 heavy (non-hydrogen) atoms. The first-order valence-electron chi connectivity index (χ1n) is 6.22. The van der Waals surface area contributed by atoms with Crippen LogP contribution >= 0.6 is 11.6 Å². The van der Waals surface area contributed by atoms with Gasteiger partial charge in [0.25, 0.3) is 0 Å². The first kappa shape index (κ1) is 12.6. The molecule has 2 heterocycles. The number of hydrogen-bond acceptors (Lipinski definition) is 4. The van der Waals surface area contributed by atoms with E-state index in [0.29, 0.717) is 16.9 Å². The molecule has 1 unspecified atom stereocenters. The molecule has 5 heteroatoms. The Morgan fingerprint density at radius 3 is 3.00 bits per heavy atom. The number of likely N-dealkylation sites (tertiary alicyclic amines) is 1. The number of aromatic nitrogens is 2. The predicted molar refractivity (Wildman–Crippen MR) is 70.0 cm³/mol. The van der Waals surface area contributed by atoms with Crippen molar-refractivity contribution in [3.8, 4) is 0 Å². The predicted octanol–water partition coefficient (Wildman–Crippen LogP) is 2.13. The number of nitrogens with two attached hydrogens (primary N) is 1. The summed E-state index contributed by atoms with van der Waals surface area (Å²) in [5.74, 6) is 0. The van der Waals surface area contributed by atoms with Crippen LogP contribution in [0.5, 0.6) is 0 Å². The molecule has 1 fully saturated rings. The van der Waals surface area contributed by atoms with Gasteiger partial charge in [-0.05, 0) is 32.0 Å². The lowest BCUT2D eigenvalue weighted by molar-refractivity contribution is 0.154. The normalized spacial score (nSPS) is 21.6. The summed E-state index contributed by atoms with van der Waals surface area (Å²) in [4.78, 5) is 2.51. The summed E-state index contributed by atoms with van der Waals surface area (Å²) in [6.45, 7) is 4.50. The number of nitrogens with zero attached hydrogens (tertiary/aromatic N) is 3. The van der Waals surface area contributed by atoms with Gasteiger partial charge in [-0.3, -0.25) is 0 Å². The van der Waals surface area contributed by atoms with Gasteiger partial charge in [-0.25, -0.2) is 0 Å². The van der Waals surface area contributed by atoms with Crippen LogP contribution in [-0.4, -0.2) is 34.2 Å². The Hall–Kier alpha value is -0.870. The molecule has 0 radical (unpaired) electrons. The van der Waals surface area contributed by atoms with Crippen molar-refractivity contribution in [2.45, 2.75) is 38.6 Å². The number of likely N-dealkylation sites (N-methyl/N-ethyl adjacent to an activating group) is 1. The highest BCUT2D eigenvalue weighted by molar-refractivity contribution is 6.31. The fraction of sp³-hybridized carbons (Fsp3) is 0.667. The Balaban J connectivity index is 2.05. The highest BCUT2D eigenvalue weighted by atomic mass is 35.5. The number of rotatable bonds is 3. The largest absolute Gasteiger partial charge is 0.396 e. The minimum absolute atomic E-state index is 0.296. The second-order valence-corrected chi connectivity index (χ2v) is 4.92. The van der Waals surface area contributed by atoms with Crippen LogP contribution in [0.2, 0.25) is 5.15 Å². The van der Waals surface area contributed by atoms with E-state index in [-0.39, 0.29) is 0 Å². The highest BCUT2D eigenvalue weighted by Gasteiger charge is 2.21. The van der Waals surface area contributed by atoms with E-state index in [1.165, 1.54) is 25.8 Å². The molecule has 1 aromatic heterocycles. The number of piperidine rings is 1. The number of anilines is 1. The van der Waals surface area contributed by atoms with Gasteiger partial charge in [0.15, 0.2) is 5.15 Å². The van der Waals surface area contributed by atoms with E-state index in [2.05, 4.69) is 22.0 Å². The van der Waals surface area contributed by atoms with Crippen molar-refractivity contribution in [1.82, 2.24) is 15.1 Å². The monoisotopic (exact) mass is 254 g/mol. The summed E-state index contributed by atoms with van der Waals surface area (Å²) in [6.07, 6.45) is 4.76. The van der Waals surface area contributed by atoms with E-state index in [0.717, 1.165) is 18.7 Å². The van der Waals surface area contributed by atoms with Crippen molar-refractivity contribution in [1.29, 1.82) is 0 Å². The van der Waals surface area contributed by atoms with Gasteiger partial charge in [0.1, 0.15) is 0 Å². The quantitative estimate of drug-likeness (QED) is 0.898. The molecule has 1 atom stereocenters. The maximum absolute atomic E-state index is 5.77. The van der Waals surface area contributed by atoms with Gasteiger partial charge in [-0.15, -0.1) is 5.10 Å². The molecule has 0 amide bonds. The molecule has 0 aliphatic carbocycles. The van der Waals surface area contributed by atoms with Crippen molar-refractivity contribution < 1.29 is 0 Å². The second-order valence-electron chi connectivity index (χ2n) is 4.56. The molecule has 0 spiro atoms. The molecule has 2 rings (SSSR count). The maximum Gasteiger partial charge on any atom is 0.174 e. The van der Waals surface area contributed by atoms with Crippen LogP contribution in [0.1, 0.15) is 31.9 Å². The van der Waals surface area contributed by atoms with Crippen LogP contribution in [-0.2, 0) is 6.42 Å². The van der Waals surface area contributed by atoms with Gasteiger partial charge in [0, 0.05) is 12.5 Å². The molecule has 0 saturated carbocycles. The lowest BCUT2D eigenvalue weighted by Crippen LogP contribution is -2.40. The summed E-state index contributed by atoms with van der Waals surface area (Å²) in [7, 11) is 0. The van der Waals surface area contributed by atoms with E-state index in [1.807, 2.05) is 6.07 Å². The van der Waals surface area contributed by atoms with Crippen LogP contribution < -0.4 is 5.73 Å². The van der Waals surface area contributed by atoms with Gasteiger partial charge >= 0.3 is 0 Å². The number of nitrogen functional groups attached to an aromatic ring is 1. The van der Waals surface area contributed by atoms with Crippen molar-refractivity contribution in [3.63, 3.8) is 0 Å². The standard InChI is InChI=1S/C12H19ClN4/c1-2-17-6-4-3-5-10(17)7-9-8-11(14)12(13)16-15-9/h8,10H,2-7H2,1H3,(H2,14,15). The maximum atomic E-state index is 5.77. The van der Waals surface area contributed by atoms with Crippen LogP contribution in [0.3, 0.4) is 0 Å². The first-order chi connectivity index (χ1) is 8.20. The Kier molecular flexibility index (Phi) is 4.18. The van der Waals surface area contributed by atoms with E-state index in [9.17, 15) is 0 Å². The summed E-state index contributed by atoms with van der Waals surface area (Å²) >= 11 is 5.77. The first-order valence-corrected chi connectivity index (χ1v) is 6.60. The molecule has 1 saturated heterocycles. The van der Waals surface area contributed by atoms with Gasteiger partial charge in [-0.1, -0.05) is 24.9 Å². The summed E-state index contributed by atoms with van der Waals surface area (Å²) in [5, 5.41) is 8.28. The average molecular weight is 255 g/mol.